The average Bonchev–Trinajstić information content (AvgIpc) is 3.27. The summed E-state index contributed by atoms with van der Waals surface area (Å²) in [4.78, 5) is 16.6. The number of hydrogen-bond acceptors (Lipinski definition) is 5. The van der Waals surface area contributed by atoms with Crippen molar-refractivity contribution in [1.29, 1.82) is 5.41 Å². The van der Waals surface area contributed by atoms with Gasteiger partial charge in [-0.05, 0) is 81.5 Å². The fourth-order valence-electron chi connectivity index (χ4n) is 9.26. The lowest BCUT2D eigenvalue weighted by atomic mass is 9.65. The van der Waals surface area contributed by atoms with Crippen LogP contribution in [0.1, 0.15) is 89.9 Å². The first-order valence-corrected chi connectivity index (χ1v) is 15.2. The highest BCUT2D eigenvalue weighted by Gasteiger charge is 2.50. The highest BCUT2D eigenvalue weighted by molar-refractivity contribution is 5.83. The molecule has 6 fully saturated rings. The molecule has 0 spiro atoms. The Hall–Kier alpha value is -1.18. The number of carbonyl (C=O) groups is 1. The SMILES string of the molecule is N=C(N)C1CCC2CC(C(=O)NC3CCCC4OCCOC34)N(CC3CCCC4CCCCC43)C2C1. The largest absolute Gasteiger partial charge is 0.387 e. The van der Waals surface area contributed by atoms with Gasteiger partial charge in [0.05, 0.1) is 37.2 Å². The number of nitrogens with zero attached hydrogens (tertiary/aromatic N) is 1. The second-order valence-electron chi connectivity index (χ2n) is 12.9. The third-order valence-electron chi connectivity index (χ3n) is 11.0. The summed E-state index contributed by atoms with van der Waals surface area (Å²) in [5, 5.41) is 11.6. The number of hydrogen-bond donors (Lipinski definition) is 3. The summed E-state index contributed by atoms with van der Waals surface area (Å²) < 4.78 is 12.1. The minimum absolute atomic E-state index is 0.00276. The van der Waals surface area contributed by atoms with E-state index in [4.69, 9.17) is 20.6 Å². The Morgan fingerprint density at radius 1 is 0.889 bits per heavy atom. The first kappa shape index (κ1) is 25.1. The Morgan fingerprint density at radius 3 is 2.58 bits per heavy atom. The zero-order valence-electron chi connectivity index (χ0n) is 22.0. The maximum atomic E-state index is 14.0. The van der Waals surface area contributed by atoms with Crippen LogP contribution in [-0.2, 0) is 14.3 Å². The number of amidine groups is 1. The number of carbonyl (C=O) groups excluding carboxylic acids is 1. The van der Waals surface area contributed by atoms with Crippen molar-refractivity contribution in [3.05, 3.63) is 0 Å². The Balaban J connectivity index is 1.20. The summed E-state index contributed by atoms with van der Waals surface area (Å²) in [7, 11) is 0. The third kappa shape index (κ3) is 4.96. The van der Waals surface area contributed by atoms with E-state index in [1.807, 2.05) is 0 Å². The van der Waals surface area contributed by atoms with Crippen molar-refractivity contribution < 1.29 is 14.3 Å². The molecule has 6 aliphatic rings. The molecule has 0 bridgehead atoms. The van der Waals surface area contributed by atoms with Crippen LogP contribution >= 0.6 is 0 Å². The maximum Gasteiger partial charge on any atom is 0.237 e. The van der Waals surface area contributed by atoms with Gasteiger partial charge in [0.2, 0.25) is 5.91 Å². The van der Waals surface area contributed by atoms with Gasteiger partial charge in [-0.3, -0.25) is 15.1 Å². The summed E-state index contributed by atoms with van der Waals surface area (Å²) in [5.41, 5.74) is 6.01. The lowest BCUT2D eigenvalue weighted by molar-refractivity contribution is -0.167. The predicted molar refractivity (Wildman–Crippen MR) is 140 cm³/mol. The lowest BCUT2D eigenvalue weighted by Gasteiger charge is -2.45. The molecular formula is C29H48N4O3. The molecule has 6 rings (SSSR count). The van der Waals surface area contributed by atoms with E-state index in [9.17, 15) is 4.79 Å². The molecule has 0 radical (unpaired) electrons. The molecule has 4 saturated carbocycles. The minimum Gasteiger partial charge on any atom is -0.387 e. The highest BCUT2D eigenvalue weighted by Crippen LogP contribution is 2.47. The van der Waals surface area contributed by atoms with Crippen LogP contribution in [0.3, 0.4) is 0 Å². The van der Waals surface area contributed by atoms with Gasteiger partial charge in [0.25, 0.3) is 0 Å². The quantitative estimate of drug-likeness (QED) is 0.393. The Kier molecular flexibility index (Phi) is 7.60. The van der Waals surface area contributed by atoms with Gasteiger partial charge < -0.3 is 20.5 Å². The van der Waals surface area contributed by atoms with Crippen LogP contribution in [0.4, 0.5) is 0 Å². The Morgan fingerprint density at radius 2 is 1.69 bits per heavy atom. The standard InChI is InChI=1S/C29H48N4O3/c30-28(31)20-12-11-19-15-25(29(34)32-23-9-4-10-26-27(23)36-14-13-35-26)33(24(19)16-20)17-21-7-3-6-18-5-1-2-8-22(18)21/h18-27H,1-17H2,(H3,30,31)(H,32,34). The fraction of sp³-hybridized carbons (Fsp3) is 0.931. The molecule has 2 aliphatic heterocycles. The summed E-state index contributed by atoms with van der Waals surface area (Å²) in [6, 6.07) is 0.392. The Labute approximate surface area is 217 Å². The first-order chi connectivity index (χ1) is 17.6. The van der Waals surface area contributed by atoms with Gasteiger partial charge in [0.1, 0.15) is 6.10 Å². The second-order valence-corrected chi connectivity index (χ2v) is 12.9. The van der Waals surface area contributed by atoms with Crippen molar-refractivity contribution in [2.75, 3.05) is 19.8 Å². The third-order valence-corrected chi connectivity index (χ3v) is 11.0. The van der Waals surface area contributed by atoms with Crippen molar-refractivity contribution in [3.8, 4) is 0 Å². The highest BCUT2D eigenvalue weighted by atomic mass is 16.6. The van der Waals surface area contributed by atoms with Crippen LogP contribution in [0.15, 0.2) is 0 Å². The molecule has 2 heterocycles. The number of nitrogens with two attached hydrogens (primary N) is 1. The van der Waals surface area contributed by atoms with E-state index in [1.165, 1.54) is 44.9 Å². The summed E-state index contributed by atoms with van der Waals surface area (Å²) >= 11 is 0. The van der Waals surface area contributed by atoms with Crippen LogP contribution in [0.25, 0.3) is 0 Å². The van der Waals surface area contributed by atoms with Crippen LogP contribution < -0.4 is 11.1 Å². The number of fused-ring (bicyclic) bond motifs is 3. The average molecular weight is 501 g/mol. The van der Waals surface area contributed by atoms with Crippen molar-refractivity contribution in [1.82, 2.24) is 10.2 Å². The van der Waals surface area contributed by atoms with E-state index in [0.717, 1.165) is 63.3 Å². The molecule has 202 valence electrons. The number of nitrogens with one attached hydrogen (secondary N) is 2. The van der Waals surface area contributed by atoms with Crippen LogP contribution in [-0.4, -0.2) is 66.7 Å². The molecule has 0 aromatic heterocycles. The van der Waals surface area contributed by atoms with Crippen molar-refractivity contribution in [2.45, 2.75) is 120 Å². The van der Waals surface area contributed by atoms with Gasteiger partial charge in [0.15, 0.2) is 0 Å². The number of rotatable bonds is 5. The predicted octanol–water partition coefficient (Wildman–Crippen LogP) is 3.84. The molecular weight excluding hydrogens is 452 g/mol. The monoisotopic (exact) mass is 500 g/mol. The van der Waals surface area contributed by atoms with Crippen LogP contribution in [0.5, 0.6) is 0 Å². The molecule has 4 N–H and O–H groups in total. The minimum atomic E-state index is -0.0560. The molecule has 10 unspecified atom stereocenters. The van der Waals surface area contributed by atoms with E-state index in [0.29, 0.717) is 36.9 Å². The summed E-state index contributed by atoms with van der Waals surface area (Å²) in [5.74, 6) is 3.74. The Bertz CT molecular complexity index is 803. The lowest BCUT2D eigenvalue weighted by Crippen LogP contribution is -2.58. The first-order valence-electron chi connectivity index (χ1n) is 15.2. The molecule has 7 heteroatoms. The van der Waals surface area contributed by atoms with E-state index in [-0.39, 0.29) is 36.1 Å². The van der Waals surface area contributed by atoms with Gasteiger partial charge >= 0.3 is 0 Å². The van der Waals surface area contributed by atoms with E-state index in [2.05, 4.69) is 10.2 Å². The maximum absolute atomic E-state index is 14.0. The molecule has 1 amide bonds. The molecule has 10 atom stereocenters. The van der Waals surface area contributed by atoms with Gasteiger partial charge in [0, 0.05) is 18.5 Å². The van der Waals surface area contributed by atoms with Crippen molar-refractivity contribution in [3.63, 3.8) is 0 Å². The van der Waals surface area contributed by atoms with Gasteiger partial charge in [-0.25, -0.2) is 0 Å². The topological polar surface area (TPSA) is 101 Å². The van der Waals surface area contributed by atoms with Crippen LogP contribution in [0.2, 0.25) is 0 Å². The number of ether oxygens (including phenoxy) is 2. The molecule has 0 aromatic rings. The molecule has 2 saturated heterocycles. The molecule has 7 nitrogen and oxygen atoms in total. The zero-order chi connectivity index (χ0) is 24.6. The van der Waals surface area contributed by atoms with Crippen molar-refractivity contribution in [2.24, 2.45) is 35.3 Å². The van der Waals surface area contributed by atoms with Gasteiger partial charge in [-0.15, -0.1) is 0 Å². The molecule has 36 heavy (non-hydrogen) atoms. The normalized spacial score (nSPS) is 45.2. The van der Waals surface area contributed by atoms with Crippen molar-refractivity contribution >= 4 is 11.7 Å². The summed E-state index contributed by atoms with van der Waals surface area (Å²) in [6.45, 7) is 2.35. The fourth-order valence-corrected chi connectivity index (χ4v) is 9.26. The summed E-state index contributed by atoms with van der Waals surface area (Å²) in [6.07, 6.45) is 16.9. The molecule has 4 aliphatic carbocycles. The van der Waals surface area contributed by atoms with E-state index >= 15 is 0 Å². The molecule has 0 aromatic carbocycles. The van der Waals surface area contributed by atoms with Gasteiger partial charge in [-0.2, -0.15) is 0 Å². The second kappa shape index (κ2) is 10.9. The van der Waals surface area contributed by atoms with Crippen LogP contribution in [0, 0.1) is 35.0 Å². The number of likely N-dealkylation sites (tertiary alicyclic amines) is 1. The number of amides is 1. The smallest absolute Gasteiger partial charge is 0.237 e. The van der Waals surface area contributed by atoms with E-state index in [1.54, 1.807) is 0 Å². The zero-order valence-corrected chi connectivity index (χ0v) is 22.0. The van der Waals surface area contributed by atoms with Gasteiger partial charge in [-0.1, -0.05) is 32.1 Å². The van der Waals surface area contributed by atoms with E-state index < -0.39 is 0 Å².